The molecule has 3 rings (SSSR count). The van der Waals surface area contributed by atoms with E-state index in [0.29, 0.717) is 31.0 Å². The fourth-order valence-electron chi connectivity index (χ4n) is 3.99. The van der Waals surface area contributed by atoms with Crippen molar-refractivity contribution in [3.8, 4) is 0 Å². The van der Waals surface area contributed by atoms with Crippen molar-refractivity contribution in [1.82, 2.24) is 5.32 Å². The second kappa shape index (κ2) is 12.3. The van der Waals surface area contributed by atoms with Crippen LogP contribution in [0.25, 0.3) is 0 Å². The number of nitrogens with zero attached hydrogens (tertiary/aromatic N) is 1. The molecule has 0 bridgehead atoms. The Hall–Kier alpha value is -3.06. The number of nitrogens with one attached hydrogen (secondary N) is 3. The topological polar surface area (TPSA) is 82.7 Å². The summed E-state index contributed by atoms with van der Waals surface area (Å²) in [7, 11) is 0. The van der Waals surface area contributed by atoms with Crippen molar-refractivity contribution in [1.29, 1.82) is 0 Å². The number of hydrogen-bond donors (Lipinski definition) is 3. The number of piperidine rings is 1. The molecule has 1 heterocycles. The third-order valence-corrected chi connectivity index (χ3v) is 6.00. The van der Waals surface area contributed by atoms with Gasteiger partial charge in [-0.3, -0.25) is 4.79 Å². The molecule has 0 unspecified atom stereocenters. The molecule has 2 aromatic carbocycles. The summed E-state index contributed by atoms with van der Waals surface area (Å²) >= 11 is 0. The van der Waals surface area contributed by atoms with E-state index in [2.05, 4.69) is 20.9 Å². The third kappa shape index (κ3) is 6.96. The molecule has 178 valence electrons. The van der Waals surface area contributed by atoms with Crippen LogP contribution in [-0.4, -0.2) is 44.8 Å². The summed E-state index contributed by atoms with van der Waals surface area (Å²) in [5, 5.41) is 8.78. The molecule has 7 heteroatoms. The van der Waals surface area contributed by atoms with Crippen LogP contribution in [0, 0.1) is 13.8 Å². The molecular formula is C26H36N4O3. The molecule has 0 aliphatic carbocycles. The molecule has 1 fully saturated rings. The number of hydrogen-bond acceptors (Lipinski definition) is 4. The molecule has 3 N–H and O–H groups in total. The highest BCUT2D eigenvalue weighted by molar-refractivity contribution is 6.04. The van der Waals surface area contributed by atoms with Gasteiger partial charge in [-0.05, 0) is 81.8 Å². The predicted molar refractivity (Wildman–Crippen MR) is 135 cm³/mol. The number of aryl methyl sites for hydroxylation is 1. The Kier molecular flexibility index (Phi) is 9.13. The van der Waals surface area contributed by atoms with E-state index in [4.69, 9.17) is 4.74 Å². The number of carbonyl (C=O) groups excluding carboxylic acids is 2. The Morgan fingerprint density at radius 2 is 1.82 bits per heavy atom. The minimum atomic E-state index is -0.336. The fraction of sp³-hybridized carbons (Fsp3) is 0.462. The molecule has 0 aromatic heterocycles. The van der Waals surface area contributed by atoms with E-state index >= 15 is 0 Å². The van der Waals surface area contributed by atoms with Gasteiger partial charge in [-0.15, -0.1) is 0 Å². The summed E-state index contributed by atoms with van der Waals surface area (Å²) in [6.45, 7) is 9.65. The van der Waals surface area contributed by atoms with E-state index in [-0.39, 0.29) is 11.9 Å². The summed E-state index contributed by atoms with van der Waals surface area (Å²) in [6, 6.07) is 11.0. The second-order valence-electron chi connectivity index (χ2n) is 8.41. The molecule has 1 aliphatic heterocycles. The first-order valence-corrected chi connectivity index (χ1v) is 11.9. The van der Waals surface area contributed by atoms with Gasteiger partial charge < -0.3 is 25.6 Å². The normalized spacial score (nSPS) is 13.5. The molecule has 1 aliphatic rings. The number of amides is 3. The van der Waals surface area contributed by atoms with Crippen LogP contribution in [0.1, 0.15) is 54.1 Å². The number of anilines is 3. The van der Waals surface area contributed by atoms with Crippen LogP contribution < -0.4 is 20.9 Å². The maximum Gasteiger partial charge on any atom is 0.323 e. The standard InChI is InChI=1S/C26H36N4O3/c1-4-33-17-9-14-27-25(31)22-18-21(12-13-24(22)30-15-6-5-7-16-30)28-26(32)29-23-11-8-10-19(2)20(23)3/h8,10-13,18H,4-7,9,14-17H2,1-3H3,(H,27,31)(H2,28,29,32). The van der Waals surface area contributed by atoms with Crippen molar-refractivity contribution in [3.63, 3.8) is 0 Å². The van der Waals surface area contributed by atoms with Gasteiger partial charge in [-0.25, -0.2) is 4.79 Å². The predicted octanol–water partition coefficient (Wildman–Crippen LogP) is 5.09. The molecule has 0 saturated carbocycles. The third-order valence-electron chi connectivity index (χ3n) is 6.00. The molecule has 0 radical (unpaired) electrons. The summed E-state index contributed by atoms with van der Waals surface area (Å²) in [6.07, 6.45) is 4.21. The Morgan fingerprint density at radius 1 is 1.03 bits per heavy atom. The SMILES string of the molecule is CCOCCCNC(=O)c1cc(NC(=O)Nc2cccc(C)c2C)ccc1N1CCCCC1. The van der Waals surface area contributed by atoms with Gasteiger partial charge in [0.2, 0.25) is 0 Å². The second-order valence-corrected chi connectivity index (χ2v) is 8.41. The Labute approximate surface area is 196 Å². The summed E-state index contributed by atoms with van der Waals surface area (Å²) in [4.78, 5) is 27.9. The number of rotatable bonds is 9. The van der Waals surface area contributed by atoms with Crippen molar-refractivity contribution in [3.05, 3.63) is 53.1 Å². The lowest BCUT2D eigenvalue weighted by Crippen LogP contribution is -2.33. The average molecular weight is 453 g/mol. The molecule has 0 atom stereocenters. The quantitative estimate of drug-likeness (QED) is 0.463. The van der Waals surface area contributed by atoms with Crippen LogP contribution in [-0.2, 0) is 4.74 Å². The minimum Gasteiger partial charge on any atom is -0.382 e. The maximum absolute atomic E-state index is 13.0. The number of ether oxygens (including phenoxy) is 1. The largest absolute Gasteiger partial charge is 0.382 e. The van der Waals surface area contributed by atoms with Crippen molar-refractivity contribution in [2.24, 2.45) is 0 Å². The van der Waals surface area contributed by atoms with Crippen LogP contribution in [0.15, 0.2) is 36.4 Å². The van der Waals surface area contributed by atoms with Crippen LogP contribution in [0.4, 0.5) is 21.9 Å². The van der Waals surface area contributed by atoms with Crippen LogP contribution in [0.2, 0.25) is 0 Å². The van der Waals surface area contributed by atoms with E-state index in [1.165, 1.54) is 6.42 Å². The van der Waals surface area contributed by atoms with Crippen LogP contribution >= 0.6 is 0 Å². The van der Waals surface area contributed by atoms with Crippen molar-refractivity contribution >= 4 is 29.0 Å². The Bertz CT molecular complexity index is 955. The van der Waals surface area contributed by atoms with Gasteiger partial charge in [0.15, 0.2) is 0 Å². The first-order chi connectivity index (χ1) is 16.0. The van der Waals surface area contributed by atoms with Gasteiger partial charge in [0, 0.05) is 49.9 Å². The first kappa shape index (κ1) is 24.6. The lowest BCUT2D eigenvalue weighted by Gasteiger charge is -2.30. The Balaban J connectivity index is 1.73. The fourth-order valence-corrected chi connectivity index (χ4v) is 3.99. The van der Waals surface area contributed by atoms with Crippen molar-refractivity contribution < 1.29 is 14.3 Å². The lowest BCUT2D eigenvalue weighted by molar-refractivity contribution is 0.0944. The smallest absolute Gasteiger partial charge is 0.323 e. The van der Waals surface area contributed by atoms with Crippen LogP contribution in [0.5, 0.6) is 0 Å². The maximum atomic E-state index is 13.0. The number of benzene rings is 2. The van der Waals surface area contributed by atoms with Gasteiger partial charge in [0.1, 0.15) is 0 Å². The van der Waals surface area contributed by atoms with Crippen LogP contribution in [0.3, 0.4) is 0 Å². The zero-order valence-electron chi connectivity index (χ0n) is 20.0. The number of urea groups is 1. The molecular weight excluding hydrogens is 416 g/mol. The zero-order chi connectivity index (χ0) is 23.6. The van der Waals surface area contributed by atoms with E-state index in [0.717, 1.165) is 54.9 Å². The van der Waals surface area contributed by atoms with Crippen molar-refractivity contribution in [2.45, 2.75) is 46.5 Å². The molecule has 1 saturated heterocycles. The number of carbonyl (C=O) groups is 2. The summed E-state index contributed by atoms with van der Waals surface area (Å²) in [5.74, 6) is -0.134. The minimum absolute atomic E-state index is 0.134. The van der Waals surface area contributed by atoms with E-state index < -0.39 is 0 Å². The van der Waals surface area contributed by atoms with E-state index in [1.54, 1.807) is 6.07 Å². The molecule has 33 heavy (non-hydrogen) atoms. The zero-order valence-corrected chi connectivity index (χ0v) is 20.0. The van der Waals surface area contributed by atoms with Gasteiger partial charge in [-0.2, -0.15) is 0 Å². The highest BCUT2D eigenvalue weighted by Crippen LogP contribution is 2.27. The molecule has 3 amide bonds. The van der Waals surface area contributed by atoms with Gasteiger partial charge in [0.05, 0.1) is 5.56 Å². The monoisotopic (exact) mass is 452 g/mol. The van der Waals surface area contributed by atoms with Gasteiger partial charge in [0.25, 0.3) is 5.91 Å². The highest BCUT2D eigenvalue weighted by Gasteiger charge is 2.19. The van der Waals surface area contributed by atoms with E-state index in [9.17, 15) is 9.59 Å². The summed E-state index contributed by atoms with van der Waals surface area (Å²) < 4.78 is 5.35. The molecule has 0 spiro atoms. The van der Waals surface area contributed by atoms with Crippen molar-refractivity contribution in [2.75, 3.05) is 48.4 Å². The molecule has 7 nitrogen and oxygen atoms in total. The highest BCUT2D eigenvalue weighted by atomic mass is 16.5. The Morgan fingerprint density at radius 3 is 2.58 bits per heavy atom. The summed E-state index contributed by atoms with van der Waals surface area (Å²) in [5.41, 5.74) is 4.99. The van der Waals surface area contributed by atoms with E-state index in [1.807, 2.05) is 51.1 Å². The van der Waals surface area contributed by atoms with Gasteiger partial charge in [-0.1, -0.05) is 12.1 Å². The van der Waals surface area contributed by atoms with Gasteiger partial charge >= 0.3 is 6.03 Å². The average Bonchev–Trinajstić information content (AvgIpc) is 2.82. The molecule has 2 aromatic rings. The lowest BCUT2D eigenvalue weighted by atomic mass is 10.1. The first-order valence-electron chi connectivity index (χ1n) is 11.9.